The molecule has 0 fully saturated rings. The van der Waals surface area contributed by atoms with Gasteiger partial charge in [-0.3, -0.25) is 4.79 Å². The van der Waals surface area contributed by atoms with Crippen molar-refractivity contribution in [3.63, 3.8) is 0 Å². The lowest BCUT2D eigenvalue weighted by Crippen LogP contribution is -2.27. The van der Waals surface area contributed by atoms with Crippen LogP contribution in [0.2, 0.25) is 5.02 Å². The number of nitrogens with zero attached hydrogens (tertiary/aromatic N) is 2. The zero-order chi connectivity index (χ0) is 17.4. The van der Waals surface area contributed by atoms with Gasteiger partial charge in [-0.25, -0.2) is 0 Å². The highest BCUT2D eigenvalue weighted by atomic mass is 35.5. The molecule has 1 aromatic heterocycles. The maximum absolute atomic E-state index is 11.9. The van der Waals surface area contributed by atoms with Gasteiger partial charge in [-0.15, -0.1) is 10.2 Å². The van der Waals surface area contributed by atoms with Crippen molar-refractivity contribution >= 4 is 52.4 Å². The second-order valence-electron chi connectivity index (χ2n) is 5.09. The molecule has 1 amide bonds. The van der Waals surface area contributed by atoms with Crippen LogP contribution in [0.1, 0.15) is 12.5 Å². The molecule has 0 saturated carbocycles. The minimum absolute atomic E-state index is 0.000280. The van der Waals surface area contributed by atoms with Gasteiger partial charge in [0.1, 0.15) is 0 Å². The predicted octanol–water partition coefficient (Wildman–Crippen LogP) is 4.31. The number of carbonyl (C=O) groups excluding carboxylic acids is 1. The Bertz CT molecular complexity index is 688. The van der Waals surface area contributed by atoms with Crippen molar-refractivity contribution in [2.45, 2.75) is 22.0 Å². The molecular weight excluding hydrogens is 382 g/mol. The Morgan fingerprint density at radius 1 is 1.21 bits per heavy atom. The molecule has 0 saturated heterocycles. The standard InChI is InChI=1S/C16H18ClN3OS3/c1-11(2)9-22-15-19-20-16(24-15)23-10-14(21)18-8-7-12-3-5-13(17)6-4-12/h3-6H,1,7-10H2,2H3,(H,18,21). The first kappa shape index (κ1) is 19.3. The van der Waals surface area contributed by atoms with E-state index < -0.39 is 0 Å². The Hall–Kier alpha value is -1.02. The summed E-state index contributed by atoms with van der Waals surface area (Å²) < 4.78 is 1.72. The van der Waals surface area contributed by atoms with Gasteiger partial charge in [-0.1, -0.05) is 70.7 Å². The zero-order valence-corrected chi connectivity index (χ0v) is 16.5. The zero-order valence-electron chi connectivity index (χ0n) is 13.3. The van der Waals surface area contributed by atoms with Crippen LogP contribution in [0.4, 0.5) is 0 Å². The summed E-state index contributed by atoms with van der Waals surface area (Å²) in [5.74, 6) is 1.19. The lowest BCUT2D eigenvalue weighted by atomic mass is 10.1. The molecule has 0 bridgehead atoms. The van der Waals surface area contributed by atoms with Crippen LogP contribution in [0.5, 0.6) is 0 Å². The Labute approximate surface area is 159 Å². The number of hydrogen-bond acceptors (Lipinski definition) is 6. The number of amides is 1. The van der Waals surface area contributed by atoms with Gasteiger partial charge in [0, 0.05) is 17.3 Å². The normalized spacial score (nSPS) is 10.6. The fourth-order valence-electron chi connectivity index (χ4n) is 1.67. The molecule has 128 valence electrons. The van der Waals surface area contributed by atoms with Crippen molar-refractivity contribution in [1.29, 1.82) is 0 Å². The lowest BCUT2D eigenvalue weighted by molar-refractivity contribution is -0.118. The summed E-state index contributed by atoms with van der Waals surface area (Å²) in [6, 6.07) is 7.64. The van der Waals surface area contributed by atoms with Gasteiger partial charge >= 0.3 is 0 Å². The highest BCUT2D eigenvalue weighted by Crippen LogP contribution is 2.29. The van der Waals surface area contributed by atoms with Crippen LogP contribution in [0.15, 0.2) is 45.1 Å². The number of carbonyl (C=O) groups is 1. The van der Waals surface area contributed by atoms with Crippen molar-refractivity contribution in [2.24, 2.45) is 0 Å². The molecule has 0 unspecified atom stereocenters. The topological polar surface area (TPSA) is 54.9 Å². The molecule has 2 rings (SSSR count). The largest absolute Gasteiger partial charge is 0.355 e. The van der Waals surface area contributed by atoms with Crippen LogP contribution >= 0.6 is 46.5 Å². The molecule has 0 atom stereocenters. The molecule has 0 radical (unpaired) electrons. The molecule has 4 nitrogen and oxygen atoms in total. The summed E-state index contributed by atoms with van der Waals surface area (Å²) in [5.41, 5.74) is 2.25. The number of benzene rings is 1. The number of rotatable bonds is 9. The number of hydrogen-bond donors (Lipinski definition) is 1. The summed E-state index contributed by atoms with van der Waals surface area (Å²) in [5, 5.41) is 11.8. The molecule has 0 aliphatic carbocycles. The molecule has 1 aromatic carbocycles. The van der Waals surface area contributed by atoms with E-state index in [1.54, 1.807) is 11.8 Å². The molecule has 0 spiro atoms. The average molecular weight is 400 g/mol. The van der Waals surface area contributed by atoms with E-state index in [2.05, 4.69) is 22.1 Å². The average Bonchev–Trinajstić information content (AvgIpc) is 3.01. The van der Waals surface area contributed by atoms with E-state index in [9.17, 15) is 4.79 Å². The Kier molecular flexibility index (Phi) is 8.11. The summed E-state index contributed by atoms with van der Waals surface area (Å²) in [6.45, 7) is 6.45. The van der Waals surface area contributed by atoms with Crippen molar-refractivity contribution < 1.29 is 4.79 Å². The molecule has 8 heteroatoms. The van der Waals surface area contributed by atoms with Crippen LogP contribution in [-0.2, 0) is 11.2 Å². The van der Waals surface area contributed by atoms with Gasteiger partial charge in [0.15, 0.2) is 8.68 Å². The third-order valence-electron chi connectivity index (χ3n) is 2.81. The van der Waals surface area contributed by atoms with Crippen LogP contribution in [0.25, 0.3) is 0 Å². The van der Waals surface area contributed by atoms with Gasteiger partial charge < -0.3 is 5.32 Å². The van der Waals surface area contributed by atoms with Crippen LogP contribution < -0.4 is 5.32 Å². The Morgan fingerprint density at radius 3 is 2.46 bits per heavy atom. The van der Waals surface area contributed by atoms with Gasteiger partial charge in [0.05, 0.1) is 5.75 Å². The third-order valence-corrected chi connectivity index (χ3v) is 6.48. The maximum atomic E-state index is 11.9. The first-order valence-corrected chi connectivity index (χ1v) is 10.4. The van der Waals surface area contributed by atoms with Crippen molar-refractivity contribution in [3.8, 4) is 0 Å². The second kappa shape index (κ2) is 10.1. The quantitative estimate of drug-likeness (QED) is 0.503. The predicted molar refractivity (Wildman–Crippen MR) is 104 cm³/mol. The number of thioether (sulfide) groups is 2. The van der Waals surface area contributed by atoms with Crippen molar-refractivity contribution in [2.75, 3.05) is 18.1 Å². The van der Waals surface area contributed by atoms with E-state index in [-0.39, 0.29) is 5.91 Å². The molecule has 1 heterocycles. The Morgan fingerprint density at radius 2 is 1.83 bits per heavy atom. The van der Waals surface area contributed by atoms with E-state index in [1.807, 2.05) is 31.2 Å². The van der Waals surface area contributed by atoms with E-state index in [4.69, 9.17) is 11.6 Å². The fourth-order valence-corrected chi connectivity index (χ4v) is 4.49. The first-order valence-electron chi connectivity index (χ1n) is 7.27. The van der Waals surface area contributed by atoms with E-state index in [0.29, 0.717) is 12.3 Å². The highest BCUT2D eigenvalue weighted by Gasteiger charge is 2.08. The van der Waals surface area contributed by atoms with Gasteiger partial charge in [0.2, 0.25) is 5.91 Å². The molecule has 24 heavy (non-hydrogen) atoms. The van der Waals surface area contributed by atoms with Crippen LogP contribution in [0, 0.1) is 0 Å². The van der Waals surface area contributed by atoms with Gasteiger partial charge in [-0.05, 0) is 31.0 Å². The summed E-state index contributed by atoms with van der Waals surface area (Å²) in [7, 11) is 0. The van der Waals surface area contributed by atoms with E-state index in [0.717, 1.165) is 37.0 Å². The lowest BCUT2D eigenvalue weighted by Gasteiger charge is -2.04. The van der Waals surface area contributed by atoms with Crippen molar-refractivity contribution in [1.82, 2.24) is 15.5 Å². The molecule has 0 aliphatic rings. The third kappa shape index (κ3) is 7.25. The first-order chi connectivity index (χ1) is 11.5. The summed E-state index contributed by atoms with van der Waals surface area (Å²) in [4.78, 5) is 11.9. The summed E-state index contributed by atoms with van der Waals surface area (Å²) >= 11 is 10.4. The monoisotopic (exact) mass is 399 g/mol. The van der Waals surface area contributed by atoms with E-state index >= 15 is 0 Å². The maximum Gasteiger partial charge on any atom is 0.230 e. The SMILES string of the molecule is C=C(C)CSc1nnc(SCC(=O)NCCc2ccc(Cl)cc2)s1. The molecular formula is C16H18ClN3OS3. The van der Waals surface area contributed by atoms with Crippen LogP contribution in [0.3, 0.4) is 0 Å². The fraction of sp³-hybridized carbons (Fsp3) is 0.312. The minimum Gasteiger partial charge on any atom is -0.355 e. The smallest absolute Gasteiger partial charge is 0.230 e. The number of nitrogens with one attached hydrogen (secondary N) is 1. The van der Waals surface area contributed by atoms with Gasteiger partial charge in [-0.2, -0.15) is 0 Å². The highest BCUT2D eigenvalue weighted by molar-refractivity contribution is 8.03. The second-order valence-corrected chi connectivity index (χ2v) is 8.95. The molecule has 0 aliphatic heterocycles. The molecule has 1 N–H and O–H groups in total. The van der Waals surface area contributed by atoms with Gasteiger partial charge in [0.25, 0.3) is 0 Å². The number of halogens is 1. The van der Waals surface area contributed by atoms with Crippen molar-refractivity contribution in [3.05, 3.63) is 47.0 Å². The van der Waals surface area contributed by atoms with E-state index in [1.165, 1.54) is 23.1 Å². The Balaban J connectivity index is 1.65. The molecule has 2 aromatic rings. The summed E-state index contributed by atoms with van der Waals surface area (Å²) in [6.07, 6.45) is 0.786. The van der Waals surface area contributed by atoms with Crippen LogP contribution in [-0.4, -0.2) is 34.2 Å². The number of aromatic nitrogens is 2. The minimum atomic E-state index is 0.000280.